The van der Waals surface area contributed by atoms with Gasteiger partial charge in [0.05, 0.1) is 11.0 Å². The molecule has 0 amide bonds. The lowest BCUT2D eigenvalue weighted by Gasteiger charge is -2.18. The first-order chi connectivity index (χ1) is 7.86. The van der Waals surface area contributed by atoms with Gasteiger partial charge in [-0.3, -0.25) is 4.18 Å². The average Bonchev–Trinajstić information content (AvgIpc) is 2.26. The quantitative estimate of drug-likeness (QED) is 0.819. The molecule has 0 radical (unpaired) electrons. The molecule has 0 bridgehead atoms. The highest BCUT2D eigenvalue weighted by atomic mass is 32.2. The number of hydrogen-bond donors (Lipinski definition) is 1. The summed E-state index contributed by atoms with van der Waals surface area (Å²) in [6, 6.07) is 6.41. The highest BCUT2D eigenvalue weighted by Crippen LogP contribution is 2.17. The summed E-state index contributed by atoms with van der Waals surface area (Å²) >= 11 is 0. The topological polar surface area (TPSA) is 63.6 Å². The first kappa shape index (κ1) is 14.2. The maximum atomic E-state index is 11.9. The zero-order chi connectivity index (χ0) is 13.1. The van der Waals surface area contributed by atoms with Gasteiger partial charge in [-0.05, 0) is 32.4 Å². The van der Waals surface area contributed by atoms with E-state index < -0.39 is 22.3 Å². The highest BCUT2D eigenvalue weighted by Gasteiger charge is 2.23. The first-order valence-corrected chi connectivity index (χ1v) is 6.95. The number of aliphatic hydroxyl groups is 1. The van der Waals surface area contributed by atoms with Gasteiger partial charge in [-0.1, -0.05) is 24.6 Å². The van der Waals surface area contributed by atoms with Crippen LogP contribution < -0.4 is 0 Å². The van der Waals surface area contributed by atoms with Crippen molar-refractivity contribution in [2.75, 3.05) is 0 Å². The number of hydrogen-bond acceptors (Lipinski definition) is 4. The zero-order valence-electron chi connectivity index (χ0n) is 10.3. The van der Waals surface area contributed by atoms with Gasteiger partial charge in [0.25, 0.3) is 10.1 Å². The number of aliphatic hydroxyl groups excluding tert-OH is 1. The van der Waals surface area contributed by atoms with Crippen molar-refractivity contribution < 1.29 is 17.7 Å². The van der Waals surface area contributed by atoms with Gasteiger partial charge in [-0.2, -0.15) is 8.42 Å². The third-order valence-corrected chi connectivity index (χ3v) is 3.85. The Morgan fingerprint density at radius 1 is 1.29 bits per heavy atom. The standard InChI is InChI=1S/C12H18O4S/c1-4-12(10(3)13)16-17(14,15)11-7-5-9(2)6-8-11/h5-8,10,12-13H,4H2,1-3H3. The van der Waals surface area contributed by atoms with Gasteiger partial charge >= 0.3 is 0 Å². The summed E-state index contributed by atoms with van der Waals surface area (Å²) < 4.78 is 28.8. The summed E-state index contributed by atoms with van der Waals surface area (Å²) in [5.74, 6) is 0. The normalized spacial score (nSPS) is 15.5. The number of benzene rings is 1. The Morgan fingerprint density at radius 3 is 2.24 bits per heavy atom. The molecule has 2 unspecified atom stereocenters. The minimum Gasteiger partial charge on any atom is -0.391 e. The van der Waals surface area contributed by atoms with Crippen LogP contribution in [0, 0.1) is 6.92 Å². The molecule has 1 aromatic rings. The van der Waals surface area contributed by atoms with Crippen molar-refractivity contribution in [2.24, 2.45) is 0 Å². The summed E-state index contributed by atoms with van der Waals surface area (Å²) in [5, 5.41) is 9.38. The summed E-state index contributed by atoms with van der Waals surface area (Å²) in [4.78, 5) is 0.113. The van der Waals surface area contributed by atoms with E-state index in [0.717, 1.165) is 5.56 Å². The Bertz CT molecular complexity index is 448. The molecule has 0 aliphatic heterocycles. The molecule has 4 nitrogen and oxygen atoms in total. The molecule has 1 aromatic carbocycles. The van der Waals surface area contributed by atoms with E-state index in [-0.39, 0.29) is 4.90 Å². The molecule has 0 saturated carbocycles. The lowest BCUT2D eigenvalue weighted by Crippen LogP contribution is -2.28. The van der Waals surface area contributed by atoms with E-state index in [2.05, 4.69) is 0 Å². The Balaban J connectivity index is 2.92. The van der Waals surface area contributed by atoms with Crippen LogP contribution in [0.3, 0.4) is 0 Å². The van der Waals surface area contributed by atoms with E-state index in [9.17, 15) is 13.5 Å². The predicted molar refractivity (Wildman–Crippen MR) is 65.2 cm³/mol. The Labute approximate surface area is 102 Å². The van der Waals surface area contributed by atoms with Gasteiger partial charge in [-0.25, -0.2) is 0 Å². The zero-order valence-corrected chi connectivity index (χ0v) is 11.1. The van der Waals surface area contributed by atoms with E-state index in [0.29, 0.717) is 6.42 Å². The lowest BCUT2D eigenvalue weighted by atomic mass is 10.2. The Morgan fingerprint density at radius 2 is 1.82 bits per heavy atom. The molecular weight excluding hydrogens is 240 g/mol. The summed E-state index contributed by atoms with van der Waals surface area (Å²) in [5.41, 5.74) is 0.978. The molecule has 0 fully saturated rings. The second-order valence-corrected chi connectivity index (χ2v) is 5.62. The molecule has 5 heteroatoms. The van der Waals surface area contributed by atoms with Crippen LogP contribution >= 0.6 is 0 Å². The van der Waals surface area contributed by atoms with Gasteiger partial charge < -0.3 is 5.11 Å². The van der Waals surface area contributed by atoms with Crippen LogP contribution in [0.5, 0.6) is 0 Å². The second kappa shape index (κ2) is 5.62. The number of rotatable bonds is 5. The van der Waals surface area contributed by atoms with E-state index in [1.165, 1.54) is 19.1 Å². The second-order valence-electron chi connectivity index (χ2n) is 4.05. The van der Waals surface area contributed by atoms with Crippen LogP contribution in [-0.2, 0) is 14.3 Å². The lowest BCUT2D eigenvalue weighted by molar-refractivity contribution is 0.0507. The largest absolute Gasteiger partial charge is 0.391 e. The predicted octanol–water partition coefficient (Wildman–Crippen LogP) is 1.86. The van der Waals surface area contributed by atoms with E-state index in [1.54, 1.807) is 19.1 Å². The first-order valence-electron chi connectivity index (χ1n) is 5.55. The minimum absolute atomic E-state index is 0.113. The van der Waals surface area contributed by atoms with Crippen LogP contribution in [0.1, 0.15) is 25.8 Å². The molecular formula is C12H18O4S. The molecule has 0 aliphatic carbocycles. The smallest absolute Gasteiger partial charge is 0.297 e. The van der Waals surface area contributed by atoms with Gasteiger partial charge in [0.1, 0.15) is 6.10 Å². The van der Waals surface area contributed by atoms with Crippen LogP contribution in [0.15, 0.2) is 29.2 Å². The highest BCUT2D eigenvalue weighted by molar-refractivity contribution is 7.86. The molecule has 1 N–H and O–H groups in total. The fourth-order valence-electron chi connectivity index (χ4n) is 1.41. The van der Waals surface area contributed by atoms with Crippen LogP contribution in [-0.4, -0.2) is 25.7 Å². The van der Waals surface area contributed by atoms with Crippen molar-refractivity contribution in [1.82, 2.24) is 0 Å². The Kier molecular flexibility index (Phi) is 4.68. The van der Waals surface area contributed by atoms with Crippen molar-refractivity contribution in [3.8, 4) is 0 Å². The SMILES string of the molecule is CCC(OS(=O)(=O)c1ccc(C)cc1)C(C)O. The van der Waals surface area contributed by atoms with E-state index in [1.807, 2.05) is 6.92 Å². The molecule has 0 aromatic heterocycles. The van der Waals surface area contributed by atoms with Crippen molar-refractivity contribution in [1.29, 1.82) is 0 Å². The average molecular weight is 258 g/mol. The molecule has 2 atom stereocenters. The fraction of sp³-hybridized carbons (Fsp3) is 0.500. The maximum absolute atomic E-state index is 11.9. The van der Waals surface area contributed by atoms with Crippen LogP contribution in [0.25, 0.3) is 0 Å². The summed E-state index contributed by atoms with van der Waals surface area (Å²) in [7, 11) is -3.79. The van der Waals surface area contributed by atoms with Crippen molar-refractivity contribution in [3.05, 3.63) is 29.8 Å². The van der Waals surface area contributed by atoms with Crippen molar-refractivity contribution in [2.45, 2.75) is 44.3 Å². The third-order valence-electron chi connectivity index (χ3n) is 2.50. The number of aryl methyl sites for hydroxylation is 1. The van der Waals surface area contributed by atoms with Gasteiger partial charge in [0.15, 0.2) is 0 Å². The van der Waals surface area contributed by atoms with Gasteiger partial charge in [0.2, 0.25) is 0 Å². The van der Waals surface area contributed by atoms with Crippen molar-refractivity contribution >= 4 is 10.1 Å². The van der Waals surface area contributed by atoms with Gasteiger partial charge in [0, 0.05) is 0 Å². The maximum Gasteiger partial charge on any atom is 0.297 e. The molecule has 0 aliphatic rings. The molecule has 96 valence electrons. The minimum atomic E-state index is -3.79. The molecule has 1 rings (SSSR count). The molecule has 17 heavy (non-hydrogen) atoms. The van der Waals surface area contributed by atoms with Gasteiger partial charge in [-0.15, -0.1) is 0 Å². The monoisotopic (exact) mass is 258 g/mol. The molecule has 0 saturated heterocycles. The summed E-state index contributed by atoms with van der Waals surface area (Å²) in [6.07, 6.45) is -1.09. The summed E-state index contributed by atoms with van der Waals surface area (Å²) in [6.45, 7) is 5.16. The Hall–Kier alpha value is -0.910. The van der Waals surface area contributed by atoms with E-state index in [4.69, 9.17) is 4.18 Å². The van der Waals surface area contributed by atoms with Crippen LogP contribution in [0.4, 0.5) is 0 Å². The fourth-order valence-corrected chi connectivity index (χ4v) is 2.62. The van der Waals surface area contributed by atoms with E-state index >= 15 is 0 Å². The molecule has 0 spiro atoms. The molecule has 0 heterocycles. The van der Waals surface area contributed by atoms with Crippen LogP contribution in [0.2, 0.25) is 0 Å². The van der Waals surface area contributed by atoms with Crippen molar-refractivity contribution in [3.63, 3.8) is 0 Å². The third kappa shape index (κ3) is 3.80.